The van der Waals surface area contributed by atoms with E-state index in [0.29, 0.717) is 11.7 Å². The molecule has 2 atom stereocenters. The Kier molecular flexibility index (Phi) is 3.42. The Morgan fingerprint density at radius 3 is 3.00 bits per heavy atom. The SMILES string of the molecule is CCC1CCC(c2noc(-c3cc(F)ccc3O)n2)C1. The molecular weight excluding hydrogens is 259 g/mol. The summed E-state index contributed by atoms with van der Waals surface area (Å²) in [4.78, 5) is 4.33. The lowest BCUT2D eigenvalue weighted by Crippen LogP contribution is -1.97. The van der Waals surface area contributed by atoms with Gasteiger partial charge in [-0.3, -0.25) is 0 Å². The molecule has 0 saturated heterocycles. The van der Waals surface area contributed by atoms with Crippen LogP contribution >= 0.6 is 0 Å². The highest BCUT2D eigenvalue weighted by atomic mass is 19.1. The Labute approximate surface area is 116 Å². The molecule has 2 aromatic rings. The van der Waals surface area contributed by atoms with Crippen LogP contribution in [-0.4, -0.2) is 15.2 Å². The Morgan fingerprint density at radius 1 is 1.40 bits per heavy atom. The fourth-order valence-corrected chi connectivity index (χ4v) is 2.87. The van der Waals surface area contributed by atoms with Crippen LogP contribution in [0.2, 0.25) is 0 Å². The maximum Gasteiger partial charge on any atom is 0.261 e. The highest BCUT2D eigenvalue weighted by Crippen LogP contribution is 2.39. The largest absolute Gasteiger partial charge is 0.507 e. The van der Waals surface area contributed by atoms with Gasteiger partial charge in [-0.15, -0.1) is 0 Å². The van der Waals surface area contributed by atoms with Crippen molar-refractivity contribution in [2.75, 3.05) is 0 Å². The number of aromatic hydroxyl groups is 1. The summed E-state index contributed by atoms with van der Waals surface area (Å²) in [5.74, 6) is 1.39. The fraction of sp³-hybridized carbons (Fsp3) is 0.467. The highest BCUT2D eigenvalue weighted by Gasteiger charge is 2.28. The molecule has 0 radical (unpaired) electrons. The van der Waals surface area contributed by atoms with Crippen LogP contribution in [0.4, 0.5) is 4.39 Å². The molecule has 1 aromatic carbocycles. The Morgan fingerprint density at radius 2 is 2.25 bits per heavy atom. The molecule has 0 amide bonds. The summed E-state index contributed by atoms with van der Waals surface area (Å²) in [5.41, 5.74) is 0.244. The van der Waals surface area contributed by atoms with Crippen LogP contribution in [0, 0.1) is 11.7 Å². The van der Waals surface area contributed by atoms with Crippen LogP contribution in [0.25, 0.3) is 11.5 Å². The van der Waals surface area contributed by atoms with Gasteiger partial charge in [-0.1, -0.05) is 18.5 Å². The van der Waals surface area contributed by atoms with Gasteiger partial charge in [-0.05, 0) is 43.4 Å². The molecular formula is C15H17FN2O2. The van der Waals surface area contributed by atoms with Crippen LogP contribution < -0.4 is 0 Å². The summed E-state index contributed by atoms with van der Waals surface area (Å²) < 4.78 is 18.4. The third-order valence-corrected chi connectivity index (χ3v) is 4.11. The summed E-state index contributed by atoms with van der Waals surface area (Å²) >= 11 is 0. The third kappa shape index (κ3) is 2.40. The normalized spacial score (nSPS) is 22.3. The Bertz CT molecular complexity index is 612. The zero-order valence-electron chi connectivity index (χ0n) is 11.3. The van der Waals surface area contributed by atoms with Crippen molar-refractivity contribution in [2.24, 2.45) is 5.92 Å². The number of hydrogen-bond acceptors (Lipinski definition) is 4. The van der Waals surface area contributed by atoms with Gasteiger partial charge in [0.25, 0.3) is 5.89 Å². The van der Waals surface area contributed by atoms with Crippen molar-refractivity contribution >= 4 is 0 Å². The van der Waals surface area contributed by atoms with Gasteiger partial charge in [0, 0.05) is 5.92 Å². The molecule has 2 unspecified atom stereocenters. The molecule has 0 bridgehead atoms. The molecule has 1 aliphatic rings. The van der Waals surface area contributed by atoms with Gasteiger partial charge in [0.1, 0.15) is 11.6 Å². The first kappa shape index (κ1) is 13.1. The summed E-state index contributed by atoms with van der Waals surface area (Å²) in [5, 5.41) is 13.7. The van der Waals surface area contributed by atoms with Crippen molar-refractivity contribution in [1.82, 2.24) is 10.1 Å². The van der Waals surface area contributed by atoms with Crippen LogP contribution in [0.15, 0.2) is 22.7 Å². The zero-order valence-corrected chi connectivity index (χ0v) is 11.3. The monoisotopic (exact) mass is 276 g/mol. The number of hydrogen-bond donors (Lipinski definition) is 1. The van der Waals surface area contributed by atoms with E-state index >= 15 is 0 Å². The second kappa shape index (κ2) is 5.23. The predicted octanol–water partition coefficient (Wildman–Crippen LogP) is 3.88. The average molecular weight is 276 g/mol. The maximum atomic E-state index is 13.2. The van der Waals surface area contributed by atoms with Crippen LogP contribution in [-0.2, 0) is 0 Å². The second-order valence-electron chi connectivity index (χ2n) is 5.40. The summed E-state index contributed by atoms with van der Waals surface area (Å²) in [6.07, 6.45) is 4.50. The van der Waals surface area contributed by atoms with Crippen molar-refractivity contribution in [2.45, 2.75) is 38.5 Å². The van der Waals surface area contributed by atoms with Gasteiger partial charge in [0.05, 0.1) is 5.56 Å². The number of benzene rings is 1. The molecule has 1 aromatic heterocycles. The van der Waals surface area contributed by atoms with Crippen LogP contribution in [0.1, 0.15) is 44.3 Å². The minimum atomic E-state index is -0.440. The molecule has 1 aliphatic carbocycles. The van der Waals surface area contributed by atoms with Gasteiger partial charge in [-0.2, -0.15) is 4.98 Å². The minimum Gasteiger partial charge on any atom is -0.507 e. The third-order valence-electron chi connectivity index (χ3n) is 4.11. The quantitative estimate of drug-likeness (QED) is 0.924. The lowest BCUT2D eigenvalue weighted by molar-refractivity contribution is 0.409. The molecule has 0 aliphatic heterocycles. The molecule has 1 N–H and O–H groups in total. The summed E-state index contributed by atoms with van der Waals surface area (Å²) in [6.45, 7) is 2.19. The molecule has 0 spiro atoms. The number of halogens is 1. The standard InChI is InChI=1S/C15H17FN2O2/c1-2-9-3-4-10(7-9)14-17-15(20-18-14)12-8-11(16)5-6-13(12)19/h5-6,8-10,19H,2-4,7H2,1H3. The van der Waals surface area contributed by atoms with E-state index in [-0.39, 0.29) is 17.2 Å². The fourth-order valence-electron chi connectivity index (χ4n) is 2.87. The van der Waals surface area contributed by atoms with E-state index in [9.17, 15) is 9.50 Å². The maximum absolute atomic E-state index is 13.2. The van der Waals surface area contributed by atoms with Gasteiger partial charge < -0.3 is 9.63 Å². The smallest absolute Gasteiger partial charge is 0.261 e. The Hall–Kier alpha value is -1.91. The van der Waals surface area contributed by atoms with E-state index < -0.39 is 5.82 Å². The first-order valence-corrected chi connectivity index (χ1v) is 7.00. The lowest BCUT2D eigenvalue weighted by Gasteiger charge is -2.04. The van der Waals surface area contributed by atoms with Crippen LogP contribution in [0.5, 0.6) is 5.75 Å². The predicted molar refractivity (Wildman–Crippen MR) is 71.7 cm³/mol. The molecule has 4 nitrogen and oxygen atoms in total. The molecule has 1 saturated carbocycles. The minimum absolute atomic E-state index is 0.0561. The van der Waals surface area contributed by atoms with Crippen molar-refractivity contribution in [1.29, 1.82) is 0 Å². The number of aromatic nitrogens is 2. The number of phenolic OH excluding ortho intramolecular Hbond substituents is 1. The second-order valence-corrected chi connectivity index (χ2v) is 5.40. The summed E-state index contributed by atoms with van der Waals surface area (Å²) in [6, 6.07) is 3.69. The summed E-state index contributed by atoms with van der Waals surface area (Å²) in [7, 11) is 0. The molecule has 20 heavy (non-hydrogen) atoms. The van der Waals surface area contributed by atoms with Gasteiger partial charge in [0.2, 0.25) is 0 Å². The molecule has 1 fully saturated rings. The van der Waals surface area contributed by atoms with Crippen LogP contribution in [0.3, 0.4) is 0 Å². The average Bonchev–Trinajstić information content (AvgIpc) is 3.09. The van der Waals surface area contributed by atoms with Crippen molar-refractivity contribution in [3.63, 3.8) is 0 Å². The van der Waals surface area contributed by atoms with E-state index in [1.807, 2.05) is 0 Å². The van der Waals surface area contributed by atoms with Gasteiger partial charge >= 0.3 is 0 Å². The van der Waals surface area contributed by atoms with E-state index in [4.69, 9.17) is 4.52 Å². The van der Waals surface area contributed by atoms with E-state index in [0.717, 1.165) is 18.8 Å². The van der Waals surface area contributed by atoms with Gasteiger partial charge in [-0.25, -0.2) is 4.39 Å². The lowest BCUT2D eigenvalue weighted by atomic mass is 10.0. The zero-order chi connectivity index (χ0) is 14.1. The number of rotatable bonds is 3. The molecule has 106 valence electrons. The van der Waals surface area contributed by atoms with E-state index in [2.05, 4.69) is 17.1 Å². The topological polar surface area (TPSA) is 59.2 Å². The highest BCUT2D eigenvalue weighted by molar-refractivity contribution is 5.61. The van der Waals surface area contributed by atoms with Crippen molar-refractivity contribution in [3.05, 3.63) is 29.8 Å². The van der Waals surface area contributed by atoms with Crippen molar-refractivity contribution in [3.8, 4) is 17.2 Å². The number of phenols is 1. The van der Waals surface area contributed by atoms with Gasteiger partial charge in [0.15, 0.2) is 5.82 Å². The van der Waals surface area contributed by atoms with E-state index in [1.54, 1.807) is 0 Å². The van der Waals surface area contributed by atoms with E-state index in [1.165, 1.54) is 31.0 Å². The Balaban J connectivity index is 1.85. The first-order valence-electron chi connectivity index (χ1n) is 7.00. The molecule has 3 rings (SSSR count). The van der Waals surface area contributed by atoms with Crippen molar-refractivity contribution < 1.29 is 14.0 Å². The molecule has 5 heteroatoms. The first-order chi connectivity index (χ1) is 9.67. The number of nitrogens with zero attached hydrogens (tertiary/aromatic N) is 2. The molecule has 1 heterocycles.